The first-order valence-corrected chi connectivity index (χ1v) is 7.46. The van der Waals surface area contributed by atoms with Crippen LogP contribution in [0, 0.1) is 11.6 Å². The third kappa shape index (κ3) is 3.61. The maximum Gasteiger partial charge on any atom is 0.240 e. The molecule has 0 spiro atoms. The second kappa shape index (κ2) is 6.11. The summed E-state index contributed by atoms with van der Waals surface area (Å²) < 4.78 is 52.4. The molecule has 0 aliphatic rings. The second-order valence-electron chi connectivity index (χ2n) is 4.20. The lowest BCUT2D eigenvalue weighted by molar-refractivity contribution is 0.574. The van der Waals surface area contributed by atoms with Crippen LogP contribution in [0.1, 0.15) is 5.56 Å². The Bertz CT molecular complexity index is 702. The minimum Gasteiger partial charge on any atom is -0.211 e. The van der Waals surface area contributed by atoms with Crippen LogP contribution in [0.25, 0.3) is 0 Å². The highest BCUT2D eigenvalue weighted by molar-refractivity contribution is 7.89. The van der Waals surface area contributed by atoms with Crippen molar-refractivity contribution >= 4 is 10.0 Å². The summed E-state index contributed by atoms with van der Waals surface area (Å²) in [6, 6.07) is 10.9. The van der Waals surface area contributed by atoms with E-state index in [1.54, 1.807) is 18.2 Å². The van der Waals surface area contributed by atoms with Gasteiger partial charge in [-0.2, -0.15) is 0 Å². The number of hydrogen-bond donors (Lipinski definition) is 1. The van der Waals surface area contributed by atoms with Gasteiger partial charge in [0.15, 0.2) is 0 Å². The minimum atomic E-state index is -3.78. The normalized spacial score (nSPS) is 11.5. The summed E-state index contributed by atoms with van der Waals surface area (Å²) in [5.74, 6) is -1.00. The largest absolute Gasteiger partial charge is 0.240 e. The van der Waals surface area contributed by atoms with Gasteiger partial charge in [0.05, 0.1) is 4.90 Å². The Morgan fingerprint density at radius 1 is 1.00 bits per heavy atom. The zero-order valence-corrected chi connectivity index (χ0v) is 11.3. The van der Waals surface area contributed by atoms with Crippen LogP contribution in [-0.4, -0.2) is 15.0 Å². The summed E-state index contributed by atoms with van der Waals surface area (Å²) in [5.41, 5.74) is 0.425. The second-order valence-corrected chi connectivity index (χ2v) is 5.96. The van der Waals surface area contributed by atoms with E-state index < -0.39 is 15.8 Å². The van der Waals surface area contributed by atoms with Gasteiger partial charge in [-0.15, -0.1) is 0 Å². The smallest absolute Gasteiger partial charge is 0.211 e. The first-order chi connectivity index (χ1) is 9.49. The molecule has 2 rings (SSSR count). The Balaban J connectivity index is 2.02. The highest BCUT2D eigenvalue weighted by Gasteiger charge is 2.14. The first-order valence-electron chi connectivity index (χ1n) is 5.98. The monoisotopic (exact) mass is 297 g/mol. The summed E-state index contributed by atoms with van der Waals surface area (Å²) in [6.45, 7) is 0.0414. The van der Waals surface area contributed by atoms with Gasteiger partial charge in [-0.1, -0.05) is 24.3 Å². The molecule has 106 valence electrons. The molecule has 0 aliphatic carbocycles. The molecule has 0 aromatic heterocycles. The fourth-order valence-electron chi connectivity index (χ4n) is 1.74. The van der Waals surface area contributed by atoms with E-state index in [1.807, 2.05) is 0 Å². The van der Waals surface area contributed by atoms with Crippen molar-refractivity contribution in [3.8, 4) is 0 Å². The lowest BCUT2D eigenvalue weighted by Gasteiger charge is -2.07. The van der Waals surface area contributed by atoms with Crippen molar-refractivity contribution in [1.29, 1.82) is 0 Å². The molecular formula is C14H13F2NO2S. The van der Waals surface area contributed by atoms with Crippen LogP contribution in [0.3, 0.4) is 0 Å². The number of rotatable bonds is 5. The summed E-state index contributed by atoms with van der Waals surface area (Å²) in [4.78, 5) is -0.147. The summed E-state index contributed by atoms with van der Waals surface area (Å²) >= 11 is 0. The molecule has 1 N–H and O–H groups in total. The van der Waals surface area contributed by atoms with Gasteiger partial charge < -0.3 is 0 Å². The van der Waals surface area contributed by atoms with Crippen LogP contribution in [0.15, 0.2) is 53.4 Å². The van der Waals surface area contributed by atoms with Crippen molar-refractivity contribution < 1.29 is 17.2 Å². The predicted octanol–water partition coefficient (Wildman–Crippen LogP) is 2.49. The molecule has 0 amide bonds. The van der Waals surface area contributed by atoms with E-state index >= 15 is 0 Å². The molecule has 2 aromatic carbocycles. The van der Waals surface area contributed by atoms with Crippen molar-refractivity contribution in [3.63, 3.8) is 0 Å². The Kier molecular flexibility index (Phi) is 4.46. The summed E-state index contributed by atoms with van der Waals surface area (Å²) in [7, 11) is -3.78. The first kappa shape index (κ1) is 14.6. The molecule has 0 bridgehead atoms. The van der Waals surface area contributed by atoms with Gasteiger partial charge >= 0.3 is 0 Å². The maximum absolute atomic E-state index is 13.4. The molecular weight excluding hydrogens is 284 g/mol. The van der Waals surface area contributed by atoms with Crippen LogP contribution in [0.4, 0.5) is 8.78 Å². The van der Waals surface area contributed by atoms with Crippen LogP contribution in [-0.2, 0) is 16.4 Å². The lowest BCUT2D eigenvalue weighted by atomic mass is 10.1. The zero-order chi connectivity index (χ0) is 14.6. The molecule has 0 saturated carbocycles. The Morgan fingerprint density at radius 2 is 1.75 bits per heavy atom. The van der Waals surface area contributed by atoms with E-state index in [-0.39, 0.29) is 23.7 Å². The number of halogens is 2. The lowest BCUT2D eigenvalue weighted by Crippen LogP contribution is -2.26. The predicted molar refractivity (Wildman–Crippen MR) is 71.7 cm³/mol. The zero-order valence-electron chi connectivity index (χ0n) is 10.5. The van der Waals surface area contributed by atoms with Gasteiger partial charge in [0, 0.05) is 6.54 Å². The van der Waals surface area contributed by atoms with Crippen LogP contribution < -0.4 is 4.72 Å². The maximum atomic E-state index is 13.4. The van der Waals surface area contributed by atoms with Gasteiger partial charge in [-0.25, -0.2) is 21.9 Å². The third-order valence-electron chi connectivity index (χ3n) is 2.75. The van der Waals surface area contributed by atoms with E-state index in [2.05, 4.69) is 4.72 Å². The van der Waals surface area contributed by atoms with Gasteiger partial charge in [0.25, 0.3) is 0 Å². The van der Waals surface area contributed by atoms with Gasteiger partial charge in [-0.3, -0.25) is 0 Å². The highest BCUT2D eigenvalue weighted by atomic mass is 32.2. The molecule has 3 nitrogen and oxygen atoms in total. The van der Waals surface area contributed by atoms with Crippen molar-refractivity contribution in [2.24, 2.45) is 0 Å². The Morgan fingerprint density at radius 3 is 2.45 bits per heavy atom. The number of sulfonamides is 1. The molecule has 0 aliphatic heterocycles. The minimum absolute atomic E-state index is 0.0414. The van der Waals surface area contributed by atoms with Gasteiger partial charge in [-0.05, 0) is 36.2 Å². The molecule has 20 heavy (non-hydrogen) atoms. The van der Waals surface area contributed by atoms with E-state index in [1.165, 1.54) is 24.3 Å². The highest BCUT2D eigenvalue weighted by Crippen LogP contribution is 2.11. The van der Waals surface area contributed by atoms with Gasteiger partial charge in [0.1, 0.15) is 11.6 Å². The molecule has 0 fully saturated rings. The van der Waals surface area contributed by atoms with Crippen molar-refractivity contribution in [2.45, 2.75) is 11.3 Å². The average molecular weight is 297 g/mol. The number of hydrogen-bond acceptors (Lipinski definition) is 2. The molecule has 0 atom stereocenters. The molecule has 6 heteroatoms. The quantitative estimate of drug-likeness (QED) is 0.921. The van der Waals surface area contributed by atoms with Crippen molar-refractivity contribution in [3.05, 3.63) is 65.7 Å². The molecule has 0 unspecified atom stereocenters. The Hall–Kier alpha value is -1.79. The molecule has 0 radical (unpaired) electrons. The number of nitrogens with one attached hydrogen (secondary N) is 1. The molecule has 0 saturated heterocycles. The van der Waals surface area contributed by atoms with Crippen LogP contribution in [0.5, 0.6) is 0 Å². The van der Waals surface area contributed by atoms with Crippen LogP contribution in [0.2, 0.25) is 0 Å². The SMILES string of the molecule is O=S(=O)(NCCc1ccccc1F)c1cccc(F)c1. The molecule has 0 heterocycles. The van der Waals surface area contributed by atoms with Crippen molar-refractivity contribution in [1.82, 2.24) is 4.72 Å². The average Bonchev–Trinajstić information content (AvgIpc) is 2.41. The van der Waals surface area contributed by atoms with Crippen LogP contribution >= 0.6 is 0 Å². The topological polar surface area (TPSA) is 46.2 Å². The van der Waals surface area contributed by atoms with Crippen molar-refractivity contribution in [2.75, 3.05) is 6.54 Å². The third-order valence-corrected chi connectivity index (χ3v) is 4.21. The molecule has 2 aromatic rings. The standard InChI is InChI=1S/C14H13F2NO2S/c15-12-5-3-6-13(10-12)20(18,19)17-9-8-11-4-1-2-7-14(11)16/h1-7,10,17H,8-9H2. The van der Waals surface area contributed by atoms with E-state index in [4.69, 9.17) is 0 Å². The summed E-state index contributed by atoms with van der Waals surface area (Å²) in [6.07, 6.45) is 0.223. The van der Waals surface area contributed by atoms with E-state index in [0.29, 0.717) is 5.56 Å². The fraction of sp³-hybridized carbons (Fsp3) is 0.143. The van der Waals surface area contributed by atoms with E-state index in [0.717, 1.165) is 6.07 Å². The van der Waals surface area contributed by atoms with E-state index in [9.17, 15) is 17.2 Å². The Labute approximate surface area is 116 Å². The van der Waals surface area contributed by atoms with Gasteiger partial charge in [0.2, 0.25) is 10.0 Å². The number of benzene rings is 2. The fourth-order valence-corrected chi connectivity index (χ4v) is 2.80. The summed E-state index contributed by atoms with van der Waals surface area (Å²) in [5, 5.41) is 0.